The van der Waals surface area contributed by atoms with Crippen molar-refractivity contribution in [2.45, 2.75) is 37.6 Å². The summed E-state index contributed by atoms with van der Waals surface area (Å²) < 4.78 is 5.58. The minimum atomic E-state index is 0.578. The summed E-state index contributed by atoms with van der Waals surface area (Å²) in [5.74, 6) is 1.36. The van der Waals surface area contributed by atoms with Crippen LogP contribution in [0.15, 0.2) is 24.3 Å². The van der Waals surface area contributed by atoms with Crippen molar-refractivity contribution in [1.29, 1.82) is 0 Å². The van der Waals surface area contributed by atoms with Crippen LogP contribution in [-0.2, 0) is 11.2 Å². The minimum absolute atomic E-state index is 0.578. The first-order chi connectivity index (χ1) is 8.90. The molecule has 1 fully saturated rings. The molecule has 98 valence electrons. The van der Waals surface area contributed by atoms with Crippen LogP contribution in [0.4, 0.5) is 0 Å². The van der Waals surface area contributed by atoms with Gasteiger partial charge in [-0.2, -0.15) is 0 Å². The summed E-state index contributed by atoms with van der Waals surface area (Å²) >= 11 is 0. The molecular weight excluding hydrogens is 222 g/mol. The van der Waals surface area contributed by atoms with E-state index >= 15 is 0 Å². The van der Waals surface area contributed by atoms with Crippen molar-refractivity contribution in [3.63, 3.8) is 0 Å². The second-order valence-corrected chi connectivity index (χ2v) is 5.64. The molecule has 1 aliphatic carbocycles. The molecule has 2 aliphatic rings. The lowest BCUT2D eigenvalue weighted by molar-refractivity contribution is 0.172. The molecule has 0 aromatic heterocycles. The summed E-state index contributed by atoms with van der Waals surface area (Å²) in [6, 6.07) is 9.58. The van der Waals surface area contributed by atoms with Crippen LogP contribution in [0.1, 0.15) is 36.3 Å². The van der Waals surface area contributed by atoms with Crippen LogP contribution in [0.25, 0.3) is 0 Å². The fourth-order valence-corrected chi connectivity index (χ4v) is 3.77. The average molecular weight is 245 g/mol. The van der Waals surface area contributed by atoms with Gasteiger partial charge in [-0.25, -0.2) is 0 Å². The van der Waals surface area contributed by atoms with Gasteiger partial charge in [0.1, 0.15) is 0 Å². The summed E-state index contributed by atoms with van der Waals surface area (Å²) in [5, 5.41) is 3.57. The highest BCUT2D eigenvalue weighted by atomic mass is 16.5. The molecule has 1 N–H and O–H groups in total. The second kappa shape index (κ2) is 5.41. The number of ether oxygens (including phenoxy) is 1. The number of likely N-dealkylation sites (N-methyl/N-ethyl adjacent to an activating group) is 1. The molecule has 1 saturated heterocycles. The van der Waals surface area contributed by atoms with Crippen LogP contribution in [-0.4, -0.2) is 26.3 Å². The fourth-order valence-electron chi connectivity index (χ4n) is 3.77. The van der Waals surface area contributed by atoms with Crippen LogP contribution in [0, 0.1) is 5.92 Å². The number of nitrogens with one attached hydrogen (secondary N) is 1. The van der Waals surface area contributed by atoms with Crippen molar-refractivity contribution in [3.8, 4) is 0 Å². The predicted molar refractivity (Wildman–Crippen MR) is 73.9 cm³/mol. The van der Waals surface area contributed by atoms with E-state index < -0.39 is 0 Å². The van der Waals surface area contributed by atoms with Gasteiger partial charge in [0.15, 0.2) is 0 Å². The number of rotatable bonds is 3. The monoisotopic (exact) mass is 245 g/mol. The Morgan fingerprint density at radius 2 is 2.17 bits per heavy atom. The summed E-state index contributed by atoms with van der Waals surface area (Å²) in [6.45, 7) is 1.88. The first-order valence-corrected chi connectivity index (χ1v) is 7.23. The van der Waals surface area contributed by atoms with E-state index in [1.54, 1.807) is 11.1 Å². The smallest absolute Gasteiger partial charge is 0.0510 e. The van der Waals surface area contributed by atoms with E-state index in [1.165, 1.54) is 25.7 Å². The zero-order valence-electron chi connectivity index (χ0n) is 11.2. The summed E-state index contributed by atoms with van der Waals surface area (Å²) in [4.78, 5) is 0. The molecule has 0 bridgehead atoms. The summed E-state index contributed by atoms with van der Waals surface area (Å²) in [5.41, 5.74) is 3.14. The van der Waals surface area contributed by atoms with Crippen molar-refractivity contribution in [2.24, 2.45) is 5.92 Å². The lowest BCUT2D eigenvalue weighted by Gasteiger charge is -2.35. The number of benzene rings is 1. The van der Waals surface area contributed by atoms with Gasteiger partial charge in [-0.05, 0) is 49.8 Å². The molecule has 0 radical (unpaired) electrons. The van der Waals surface area contributed by atoms with E-state index in [0.29, 0.717) is 17.9 Å². The maximum atomic E-state index is 5.58. The van der Waals surface area contributed by atoms with Crippen LogP contribution in [0.5, 0.6) is 0 Å². The molecule has 1 aromatic carbocycles. The first-order valence-electron chi connectivity index (χ1n) is 7.23. The van der Waals surface area contributed by atoms with Crippen LogP contribution < -0.4 is 5.32 Å². The van der Waals surface area contributed by atoms with Crippen molar-refractivity contribution >= 4 is 0 Å². The van der Waals surface area contributed by atoms with Crippen molar-refractivity contribution in [1.82, 2.24) is 5.32 Å². The Kier molecular flexibility index (Phi) is 3.67. The normalized spacial score (nSPS) is 28.9. The Morgan fingerprint density at radius 1 is 1.28 bits per heavy atom. The standard InChI is InChI=1S/C16H23NO/c1-17-16(13-9-10-18-11-13)15-8-4-6-12-5-2-3-7-14(12)15/h2-3,5,7,13,15-17H,4,6,8-11H2,1H3. The molecule has 3 rings (SSSR count). The van der Waals surface area contributed by atoms with Gasteiger partial charge in [0, 0.05) is 18.6 Å². The Hall–Kier alpha value is -0.860. The van der Waals surface area contributed by atoms with Crippen LogP contribution in [0.3, 0.4) is 0 Å². The van der Waals surface area contributed by atoms with Crippen molar-refractivity contribution in [2.75, 3.05) is 20.3 Å². The van der Waals surface area contributed by atoms with Gasteiger partial charge in [-0.15, -0.1) is 0 Å². The summed E-state index contributed by atoms with van der Waals surface area (Å²) in [6.07, 6.45) is 5.11. The number of hydrogen-bond acceptors (Lipinski definition) is 2. The largest absolute Gasteiger partial charge is 0.381 e. The van der Waals surface area contributed by atoms with E-state index in [2.05, 4.69) is 36.6 Å². The molecule has 1 aliphatic heterocycles. The van der Waals surface area contributed by atoms with E-state index in [9.17, 15) is 0 Å². The second-order valence-electron chi connectivity index (χ2n) is 5.64. The van der Waals surface area contributed by atoms with Gasteiger partial charge in [0.2, 0.25) is 0 Å². The Labute approximate surface area is 110 Å². The molecule has 1 aromatic rings. The molecule has 18 heavy (non-hydrogen) atoms. The molecule has 0 spiro atoms. The molecule has 0 saturated carbocycles. The molecule has 3 unspecified atom stereocenters. The van der Waals surface area contributed by atoms with Crippen molar-refractivity contribution in [3.05, 3.63) is 35.4 Å². The molecule has 2 nitrogen and oxygen atoms in total. The number of hydrogen-bond donors (Lipinski definition) is 1. The summed E-state index contributed by atoms with van der Waals surface area (Å²) in [7, 11) is 2.11. The molecular formula is C16H23NO. The third-order valence-electron chi connectivity index (χ3n) is 4.66. The molecule has 1 heterocycles. The Bertz CT molecular complexity index is 398. The van der Waals surface area contributed by atoms with Gasteiger partial charge < -0.3 is 10.1 Å². The van der Waals surface area contributed by atoms with Gasteiger partial charge in [0.05, 0.1) is 6.61 Å². The predicted octanol–water partition coefficient (Wildman–Crippen LogP) is 2.73. The molecule has 2 heteroatoms. The Morgan fingerprint density at radius 3 is 2.94 bits per heavy atom. The van der Waals surface area contributed by atoms with Gasteiger partial charge in [0.25, 0.3) is 0 Å². The van der Waals surface area contributed by atoms with Gasteiger partial charge in [-0.3, -0.25) is 0 Å². The zero-order valence-corrected chi connectivity index (χ0v) is 11.2. The maximum Gasteiger partial charge on any atom is 0.0510 e. The van der Waals surface area contributed by atoms with Crippen LogP contribution >= 0.6 is 0 Å². The highest BCUT2D eigenvalue weighted by molar-refractivity contribution is 5.34. The first kappa shape index (κ1) is 12.2. The minimum Gasteiger partial charge on any atom is -0.381 e. The molecule has 3 atom stereocenters. The van der Waals surface area contributed by atoms with E-state index in [0.717, 1.165) is 13.2 Å². The highest BCUT2D eigenvalue weighted by Gasteiger charge is 2.33. The topological polar surface area (TPSA) is 21.3 Å². The maximum absolute atomic E-state index is 5.58. The lowest BCUT2D eigenvalue weighted by atomic mass is 9.75. The van der Waals surface area contributed by atoms with Gasteiger partial charge in [-0.1, -0.05) is 24.3 Å². The quantitative estimate of drug-likeness (QED) is 0.884. The Balaban J connectivity index is 1.87. The number of aryl methyl sites for hydroxylation is 1. The third-order valence-corrected chi connectivity index (χ3v) is 4.66. The van der Waals surface area contributed by atoms with E-state index in [4.69, 9.17) is 4.74 Å². The lowest BCUT2D eigenvalue weighted by Crippen LogP contribution is -2.40. The average Bonchev–Trinajstić information content (AvgIpc) is 2.94. The SMILES string of the molecule is CNC(C1CCOC1)C1CCCc2ccccc21. The highest BCUT2D eigenvalue weighted by Crippen LogP contribution is 2.37. The zero-order chi connectivity index (χ0) is 12.4. The van der Waals surface area contributed by atoms with E-state index in [-0.39, 0.29) is 0 Å². The van der Waals surface area contributed by atoms with Gasteiger partial charge >= 0.3 is 0 Å². The fraction of sp³-hybridized carbons (Fsp3) is 0.625. The van der Waals surface area contributed by atoms with Crippen molar-refractivity contribution < 1.29 is 4.74 Å². The van der Waals surface area contributed by atoms with Crippen LogP contribution in [0.2, 0.25) is 0 Å². The third kappa shape index (κ3) is 2.19. The molecule has 0 amide bonds. The van der Waals surface area contributed by atoms with E-state index in [1.807, 2.05) is 0 Å². The number of fused-ring (bicyclic) bond motifs is 1.